The topological polar surface area (TPSA) is 39.1 Å². The van der Waals surface area contributed by atoms with Crippen LogP contribution in [0, 0.1) is 6.92 Å². The van der Waals surface area contributed by atoms with E-state index >= 15 is 0 Å². The van der Waals surface area contributed by atoms with Crippen LogP contribution in [0.1, 0.15) is 42.6 Å². The van der Waals surface area contributed by atoms with E-state index in [1.807, 2.05) is 10.9 Å². The van der Waals surface area contributed by atoms with Gasteiger partial charge in [-0.15, -0.1) is 0 Å². The molecule has 0 spiro atoms. The van der Waals surface area contributed by atoms with Gasteiger partial charge in [0.15, 0.2) is 0 Å². The van der Waals surface area contributed by atoms with Crippen molar-refractivity contribution in [3.8, 4) is 0 Å². The van der Waals surface area contributed by atoms with Crippen LogP contribution >= 0.6 is 0 Å². The Labute approximate surface area is 132 Å². The molecule has 0 radical (unpaired) electrons. The summed E-state index contributed by atoms with van der Waals surface area (Å²) in [6, 6.07) is 9.07. The molecule has 0 saturated carbocycles. The number of hydrogen-bond donors (Lipinski definition) is 1. The third-order valence-electron chi connectivity index (χ3n) is 4.31. The molecular weight excluding hydrogens is 274 g/mol. The largest absolute Gasteiger partial charge is 0.372 e. The first kappa shape index (κ1) is 15.3. The fourth-order valence-corrected chi connectivity index (χ4v) is 2.99. The molecule has 1 aliphatic heterocycles. The summed E-state index contributed by atoms with van der Waals surface area (Å²) in [5, 5.41) is 7.99. The average Bonchev–Trinajstić information content (AvgIpc) is 3.02. The molecule has 1 N–H and O–H groups in total. The molecule has 0 bridgehead atoms. The van der Waals surface area contributed by atoms with E-state index in [0.717, 1.165) is 32.5 Å². The zero-order valence-corrected chi connectivity index (χ0v) is 13.5. The van der Waals surface area contributed by atoms with Crippen LogP contribution in [0.15, 0.2) is 36.7 Å². The zero-order valence-electron chi connectivity index (χ0n) is 13.5. The molecule has 2 aromatic rings. The molecule has 0 unspecified atom stereocenters. The molecule has 1 saturated heterocycles. The van der Waals surface area contributed by atoms with Gasteiger partial charge in [0.1, 0.15) is 0 Å². The summed E-state index contributed by atoms with van der Waals surface area (Å²) >= 11 is 0. The number of nitrogens with one attached hydrogen (secondary N) is 1. The Morgan fingerprint density at radius 3 is 2.86 bits per heavy atom. The van der Waals surface area contributed by atoms with E-state index in [9.17, 15) is 0 Å². The van der Waals surface area contributed by atoms with Crippen LogP contribution in [0.5, 0.6) is 0 Å². The van der Waals surface area contributed by atoms with Gasteiger partial charge in [0.25, 0.3) is 0 Å². The molecule has 4 nitrogen and oxygen atoms in total. The maximum atomic E-state index is 6.05. The number of ether oxygens (including phenoxy) is 1. The summed E-state index contributed by atoms with van der Waals surface area (Å²) in [5.74, 6) is 0. The molecule has 1 fully saturated rings. The Bertz CT molecular complexity index is 591. The van der Waals surface area contributed by atoms with Gasteiger partial charge in [0.05, 0.1) is 12.3 Å². The van der Waals surface area contributed by atoms with Crippen LogP contribution in [0.3, 0.4) is 0 Å². The van der Waals surface area contributed by atoms with E-state index < -0.39 is 0 Å². The third-order valence-corrected chi connectivity index (χ3v) is 4.31. The quantitative estimate of drug-likeness (QED) is 0.921. The number of aryl methyl sites for hydroxylation is 2. The van der Waals surface area contributed by atoms with Crippen molar-refractivity contribution in [2.24, 2.45) is 0 Å². The third kappa shape index (κ3) is 3.57. The van der Waals surface area contributed by atoms with Crippen LogP contribution in [0.25, 0.3) is 0 Å². The molecule has 1 aromatic carbocycles. The first-order chi connectivity index (χ1) is 10.8. The minimum atomic E-state index is 0.149. The summed E-state index contributed by atoms with van der Waals surface area (Å²) in [7, 11) is 0. The Kier molecular flexibility index (Phi) is 4.90. The maximum Gasteiger partial charge on any atom is 0.0977 e. The first-order valence-corrected chi connectivity index (χ1v) is 8.19. The van der Waals surface area contributed by atoms with Crippen molar-refractivity contribution in [3.05, 3.63) is 53.3 Å². The Balaban J connectivity index is 1.65. The molecule has 1 aromatic heterocycles. The van der Waals surface area contributed by atoms with Gasteiger partial charge < -0.3 is 10.1 Å². The highest BCUT2D eigenvalue weighted by atomic mass is 16.5. The number of hydrogen-bond acceptors (Lipinski definition) is 3. The lowest BCUT2D eigenvalue weighted by Gasteiger charge is -2.33. The fraction of sp³-hybridized carbons (Fsp3) is 0.500. The van der Waals surface area contributed by atoms with Crippen LogP contribution in [0.4, 0.5) is 0 Å². The van der Waals surface area contributed by atoms with Gasteiger partial charge in [-0.05, 0) is 32.3 Å². The van der Waals surface area contributed by atoms with Crippen molar-refractivity contribution < 1.29 is 4.74 Å². The smallest absolute Gasteiger partial charge is 0.0977 e. The predicted octanol–water partition coefficient (Wildman–Crippen LogP) is 3.22. The van der Waals surface area contributed by atoms with E-state index in [4.69, 9.17) is 4.74 Å². The Morgan fingerprint density at radius 1 is 1.32 bits per heavy atom. The van der Waals surface area contributed by atoms with Crippen LogP contribution < -0.4 is 5.32 Å². The maximum absolute atomic E-state index is 6.05. The molecule has 0 amide bonds. The van der Waals surface area contributed by atoms with Gasteiger partial charge in [-0.2, -0.15) is 5.10 Å². The highest BCUT2D eigenvalue weighted by molar-refractivity contribution is 5.24. The fourth-order valence-electron chi connectivity index (χ4n) is 2.99. The molecule has 2 atom stereocenters. The van der Waals surface area contributed by atoms with Crippen molar-refractivity contribution >= 4 is 0 Å². The van der Waals surface area contributed by atoms with Crippen molar-refractivity contribution in [3.63, 3.8) is 0 Å². The Hall–Kier alpha value is -1.65. The number of benzene rings is 1. The van der Waals surface area contributed by atoms with Crippen molar-refractivity contribution in [2.45, 2.75) is 51.9 Å². The first-order valence-electron chi connectivity index (χ1n) is 8.19. The molecule has 0 aliphatic carbocycles. The molecule has 3 rings (SSSR count). The van der Waals surface area contributed by atoms with E-state index in [-0.39, 0.29) is 6.10 Å². The zero-order chi connectivity index (χ0) is 15.4. The monoisotopic (exact) mass is 299 g/mol. The van der Waals surface area contributed by atoms with Crippen LogP contribution in [-0.2, 0) is 17.8 Å². The lowest BCUT2D eigenvalue weighted by atomic mass is 9.95. The lowest BCUT2D eigenvalue weighted by Crippen LogP contribution is -2.39. The summed E-state index contributed by atoms with van der Waals surface area (Å²) in [5.41, 5.74) is 3.79. The van der Waals surface area contributed by atoms with Crippen molar-refractivity contribution in [2.75, 3.05) is 6.61 Å². The van der Waals surface area contributed by atoms with Gasteiger partial charge >= 0.3 is 0 Å². The predicted molar refractivity (Wildman–Crippen MR) is 87.6 cm³/mol. The van der Waals surface area contributed by atoms with Gasteiger partial charge in [-0.1, -0.05) is 29.8 Å². The van der Waals surface area contributed by atoms with Crippen molar-refractivity contribution in [1.29, 1.82) is 0 Å². The van der Waals surface area contributed by atoms with Crippen molar-refractivity contribution in [1.82, 2.24) is 15.1 Å². The van der Waals surface area contributed by atoms with E-state index in [0.29, 0.717) is 6.04 Å². The molecule has 22 heavy (non-hydrogen) atoms. The second kappa shape index (κ2) is 7.07. The number of nitrogens with zero attached hydrogens (tertiary/aromatic N) is 2. The number of aromatic nitrogens is 2. The second-order valence-electron chi connectivity index (χ2n) is 6.04. The van der Waals surface area contributed by atoms with Crippen LogP contribution in [-0.4, -0.2) is 22.4 Å². The average molecular weight is 299 g/mol. The minimum Gasteiger partial charge on any atom is -0.372 e. The van der Waals surface area contributed by atoms with Gasteiger partial charge in [-0.25, -0.2) is 0 Å². The highest BCUT2D eigenvalue weighted by Gasteiger charge is 2.27. The van der Waals surface area contributed by atoms with Gasteiger partial charge in [-0.3, -0.25) is 4.68 Å². The van der Waals surface area contributed by atoms with E-state index in [2.05, 4.69) is 54.7 Å². The SMILES string of the molecule is CCn1cc(CN[C@@H]2CCCO[C@@H]2c2ccc(C)cc2)cn1. The van der Waals surface area contributed by atoms with E-state index in [1.54, 1.807) is 0 Å². The summed E-state index contributed by atoms with van der Waals surface area (Å²) < 4.78 is 8.01. The Morgan fingerprint density at radius 2 is 2.14 bits per heavy atom. The standard InChI is InChI=1S/C18H25N3O/c1-3-21-13-15(12-20-21)11-19-17-5-4-10-22-18(17)16-8-6-14(2)7-9-16/h6-9,12-13,17-19H,3-5,10-11H2,1-2H3/t17-,18-/m1/s1. The molecule has 1 aliphatic rings. The normalized spacial score (nSPS) is 21.9. The lowest BCUT2D eigenvalue weighted by molar-refractivity contribution is -0.0112. The summed E-state index contributed by atoms with van der Waals surface area (Å²) in [4.78, 5) is 0. The highest BCUT2D eigenvalue weighted by Crippen LogP contribution is 2.28. The number of rotatable bonds is 5. The summed E-state index contributed by atoms with van der Waals surface area (Å²) in [6.45, 7) is 6.83. The molecule has 4 heteroatoms. The molecule has 118 valence electrons. The molecule has 2 heterocycles. The molecular formula is C18H25N3O. The minimum absolute atomic E-state index is 0.149. The second-order valence-corrected chi connectivity index (χ2v) is 6.04. The van der Waals surface area contributed by atoms with Crippen LogP contribution in [0.2, 0.25) is 0 Å². The van der Waals surface area contributed by atoms with E-state index in [1.165, 1.54) is 16.7 Å². The summed E-state index contributed by atoms with van der Waals surface area (Å²) in [6.07, 6.45) is 6.48. The van der Waals surface area contributed by atoms with Gasteiger partial charge in [0, 0.05) is 37.5 Å². The van der Waals surface area contributed by atoms with Gasteiger partial charge in [0.2, 0.25) is 0 Å².